The van der Waals surface area contributed by atoms with E-state index in [1.54, 1.807) is 12.1 Å². The summed E-state index contributed by atoms with van der Waals surface area (Å²) in [5, 5.41) is 3.32. The summed E-state index contributed by atoms with van der Waals surface area (Å²) in [7, 11) is 1.94. The smallest absolute Gasteiger partial charge is 0.128 e. The first-order chi connectivity index (χ1) is 8.72. The largest absolute Gasteiger partial charge is 0.313 e. The molecule has 0 aromatic heterocycles. The van der Waals surface area contributed by atoms with Gasteiger partial charge in [0.15, 0.2) is 0 Å². The maximum absolute atomic E-state index is 14.0. The predicted octanol–water partition coefficient (Wildman–Crippen LogP) is 4.82. The third-order valence-corrected chi connectivity index (χ3v) is 4.47. The quantitative estimate of drug-likeness (QED) is 0.789. The molecule has 3 heteroatoms. The molecule has 2 rings (SSSR count). The number of halogens is 2. The highest BCUT2D eigenvalue weighted by Crippen LogP contribution is 2.35. The number of hydrogen-bond donors (Lipinski definition) is 1. The second-order valence-electron chi connectivity index (χ2n) is 5.18. The molecule has 1 aromatic carbocycles. The normalized spacial score (nSPS) is 19.5. The summed E-state index contributed by atoms with van der Waals surface area (Å²) in [6, 6.07) is 5.38. The standard InChI is InChI=1S/C15H21BrFN/c1-18-15(11-6-4-2-3-5-7-11)13-10-12(16)8-9-14(13)17/h8-11,15,18H,2-7H2,1H3. The van der Waals surface area contributed by atoms with Crippen LogP contribution in [0.1, 0.15) is 50.1 Å². The van der Waals surface area contributed by atoms with Gasteiger partial charge in [-0.25, -0.2) is 4.39 Å². The van der Waals surface area contributed by atoms with Crippen LogP contribution in [0, 0.1) is 11.7 Å². The van der Waals surface area contributed by atoms with E-state index in [-0.39, 0.29) is 11.9 Å². The zero-order valence-electron chi connectivity index (χ0n) is 10.9. The number of rotatable bonds is 3. The Labute approximate surface area is 117 Å². The van der Waals surface area contributed by atoms with E-state index in [1.807, 2.05) is 13.1 Å². The van der Waals surface area contributed by atoms with Gasteiger partial charge in [0.05, 0.1) is 0 Å². The molecule has 1 nitrogen and oxygen atoms in total. The Bertz CT molecular complexity index is 386. The second kappa shape index (κ2) is 6.67. The molecule has 0 amide bonds. The van der Waals surface area contributed by atoms with Gasteiger partial charge in [-0.2, -0.15) is 0 Å². The molecule has 1 N–H and O–H groups in total. The fourth-order valence-electron chi connectivity index (χ4n) is 3.04. The highest BCUT2D eigenvalue weighted by molar-refractivity contribution is 9.10. The average molecular weight is 314 g/mol. The number of nitrogens with one attached hydrogen (secondary N) is 1. The molecule has 0 heterocycles. The first kappa shape index (κ1) is 14.0. The van der Waals surface area contributed by atoms with Gasteiger partial charge in [-0.3, -0.25) is 0 Å². The Morgan fingerprint density at radius 2 is 1.89 bits per heavy atom. The van der Waals surface area contributed by atoms with Gasteiger partial charge < -0.3 is 5.32 Å². The summed E-state index contributed by atoms with van der Waals surface area (Å²) in [4.78, 5) is 0. The van der Waals surface area contributed by atoms with E-state index in [9.17, 15) is 4.39 Å². The van der Waals surface area contributed by atoms with Crippen LogP contribution in [0.15, 0.2) is 22.7 Å². The molecule has 0 aliphatic heterocycles. The average Bonchev–Trinajstić information content (AvgIpc) is 2.64. The van der Waals surface area contributed by atoms with Crippen molar-refractivity contribution in [3.63, 3.8) is 0 Å². The highest BCUT2D eigenvalue weighted by Gasteiger charge is 2.25. The predicted molar refractivity (Wildman–Crippen MR) is 77.1 cm³/mol. The molecule has 0 saturated heterocycles. The Morgan fingerprint density at radius 1 is 1.22 bits per heavy atom. The lowest BCUT2D eigenvalue weighted by Gasteiger charge is -2.26. The van der Waals surface area contributed by atoms with E-state index in [2.05, 4.69) is 21.2 Å². The molecule has 1 fully saturated rings. The van der Waals surface area contributed by atoms with Crippen molar-refractivity contribution < 1.29 is 4.39 Å². The van der Waals surface area contributed by atoms with Crippen molar-refractivity contribution >= 4 is 15.9 Å². The fourth-order valence-corrected chi connectivity index (χ4v) is 3.42. The summed E-state index contributed by atoms with van der Waals surface area (Å²) >= 11 is 3.44. The molecule has 0 bridgehead atoms. The lowest BCUT2D eigenvalue weighted by molar-refractivity contribution is 0.333. The molecule has 18 heavy (non-hydrogen) atoms. The van der Waals surface area contributed by atoms with Crippen molar-refractivity contribution in [2.45, 2.75) is 44.6 Å². The molecule has 1 aromatic rings. The maximum Gasteiger partial charge on any atom is 0.128 e. The minimum absolute atomic E-state index is 0.0956. The molecule has 0 radical (unpaired) electrons. The van der Waals surface area contributed by atoms with Crippen LogP contribution >= 0.6 is 15.9 Å². The van der Waals surface area contributed by atoms with Crippen LogP contribution in [-0.4, -0.2) is 7.05 Å². The van der Waals surface area contributed by atoms with Crippen LogP contribution in [0.2, 0.25) is 0 Å². The van der Waals surface area contributed by atoms with Crippen molar-refractivity contribution in [3.05, 3.63) is 34.1 Å². The molecular weight excluding hydrogens is 293 g/mol. The van der Waals surface area contributed by atoms with E-state index < -0.39 is 0 Å². The summed E-state index contributed by atoms with van der Waals surface area (Å²) in [5.74, 6) is 0.461. The summed E-state index contributed by atoms with van der Waals surface area (Å²) < 4.78 is 15.0. The Kier molecular flexibility index (Phi) is 5.19. The third-order valence-electron chi connectivity index (χ3n) is 3.98. The van der Waals surface area contributed by atoms with Crippen molar-refractivity contribution in [3.8, 4) is 0 Å². The lowest BCUT2D eigenvalue weighted by Crippen LogP contribution is -2.26. The van der Waals surface area contributed by atoms with Crippen LogP contribution in [0.5, 0.6) is 0 Å². The molecule has 1 aliphatic carbocycles. The number of benzene rings is 1. The molecule has 100 valence electrons. The minimum atomic E-state index is -0.0956. The van der Waals surface area contributed by atoms with E-state index >= 15 is 0 Å². The monoisotopic (exact) mass is 313 g/mol. The van der Waals surface area contributed by atoms with Gasteiger partial charge in [0.1, 0.15) is 5.82 Å². The van der Waals surface area contributed by atoms with Crippen LogP contribution in [0.4, 0.5) is 4.39 Å². The van der Waals surface area contributed by atoms with E-state index in [0.29, 0.717) is 5.92 Å². The van der Waals surface area contributed by atoms with Gasteiger partial charge in [-0.1, -0.05) is 41.6 Å². The molecular formula is C15H21BrFN. The number of hydrogen-bond acceptors (Lipinski definition) is 1. The molecule has 1 unspecified atom stereocenters. The minimum Gasteiger partial charge on any atom is -0.313 e. The van der Waals surface area contributed by atoms with Crippen molar-refractivity contribution in [1.82, 2.24) is 5.32 Å². The van der Waals surface area contributed by atoms with E-state index in [0.717, 1.165) is 10.0 Å². The highest BCUT2D eigenvalue weighted by atomic mass is 79.9. The van der Waals surface area contributed by atoms with E-state index in [1.165, 1.54) is 38.5 Å². The Morgan fingerprint density at radius 3 is 2.50 bits per heavy atom. The summed E-state index contributed by atoms with van der Waals surface area (Å²) in [6.45, 7) is 0. The van der Waals surface area contributed by atoms with Gasteiger partial charge in [-0.05, 0) is 44.0 Å². The maximum atomic E-state index is 14.0. The first-order valence-corrected chi connectivity index (χ1v) is 7.64. The van der Waals surface area contributed by atoms with Crippen LogP contribution in [-0.2, 0) is 0 Å². The van der Waals surface area contributed by atoms with Gasteiger partial charge in [0.2, 0.25) is 0 Å². The Hall–Kier alpha value is -0.410. The van der Waals surface area contributed by atoms with Crippen LogP contribution in [0.3, 0.4) is 0 Å². The zero-order valence-corrected chi connectivity index (χ0v) is 12.5. The zero-order chi connectivity index (χ0) is 13.0. The van der Waals surface area contributed by atoms with E-state index in [4.69, 9.17) is 0 Å². The van der Waals surface area contributed by atoms with Gasteiger partial charge >= 0.3 is 0 Å². The molecule has 0 spiro atoms. The third kappa shape index (κ3) is 3.33. The van der Waals surface area contributed by atoms with Crippen molar-refractivity contribution in [1.29, 1.82) is 0 Å². The summed E-state index contributed by atoms with van der Waals surface area (Å²) in [6.07, 6.45) is 7.62. The lowest BCUT2D eigenvalue weighted by atomic mass is 9.87. The molecule has 1 atom stereocenters. The SMILES string of the molecule is CNC(c1cc(Br)ccc1F)C1CCCCCC1. The molecule has 1 aliphatic rings. The van der Waals surface area contributed by atoms with Gasteiger partial charge in [0, 0.05) is 16.1 Å². The second-order valence-corrected chi connectivity index (χ2v) is 6.10. The first-order valence-electron chi connectivity index (χ1n) is 6.84. The van der Waals surface area contributed by atoms with Crippen LogP contribution in [0.25, 0.3) is 0 Å². The summed E-state index contributed by atoms with van der Waals surface area (Å²) in [5.41, 5.74) is 0.804. The van der Waals surface area contributed by atoms with Gasteiger partial charge in [0.25, 0.3) is 0 Å². The van der Waals surface area contributed by atoms with Crippen LogP contribution < -0.4 is 5.32 Å². The molecule has 1 saturated carbocycles. The fraction of sp³-hybridized carbons (Fsp3) is 0.600. The Balaban J connectivity index is 2.23. The topological polar surface area (TPSA) is 12.0 Å². The van der Waals surface area contributed by atoms with Gasteiger partial charge in [-0.15, -0.1) is 0 Å². The van der Waals surface area contributed by atoms with Crippen molar-refractivity contribution in [2.75, 3.05) is 7.05 Å². The van der Waals surface area contributed by atoms with Crippen molar-refractivity contribution in [2.24, 2.45) is 5.92 Å².